The second-order valence-electron chi connectivity index (χ2n) is 3.93. The van der Waals surface area contributed by atoms with Crippen LogP contribution in [0.25, 0.3) is 0 Å². The lowest BCUT2D eigenvalue weighted by atomic mass is 10.3. The average Bonchev–Trinajstić information content (AvgIpc) is 2.31. The molecule has 0 aliphatic rings. The second kappa shape index (κ2) is 6.20. The maximum Gasteiger partial charge on any atom is 0.265 e. The molecular weight excluding hydrogens is 455 g/mol. The summed E-state index contributed by atoms with van der Waals surface area (Å²) in [4.78, 5) is -0.684. The molecule has 0 saturated carbocycles. The van der Waals surface area contributed by atoms with Gasteiger partial charge in [-0.3, -0.25) is 4.72 Å². The first-order valence-electron chi connectivity index (χ1n) is 5.33. The molecule has 0 aromatic heterocycles. The first-order valence-corrected chi connectivity index (χ1v) is 8.78. The Balaban J connectivity index is 2.51. The summed E-state index contributed by atoms with van der Waals surface area (Å²) in [6, 6.07) is 5.81. The minimum atomic E-state index is -4.26. The zero-order chi connectivity index (χ0) is 15.8. The van der Waals surface area contributed by atoms with Gasteiger partial charge in [0.1, 0.15) is 16.5 Å². The molecule has 0 bridgehead atoms. The molecule has 2 aromatic rings. The highest BCUT2D eigenvalue weighted by Gasteiger charge is 2.24. The van der Waals surface area contributed by atoms with Crippen LogP contribution < -0.4 is 4.72 Å². The van der Waals surface area contributed by atoms with Crippen LogP contribution in [0.2, 0.25) is 5.02 Å². The molecule has 2 rings (SSSR count). The molecule has 9 heteroatoms. The summed E-state index contributed by atoms with van der Waals surface area (Å²) in [6.07, 6.45) is 0. The van der Waals surface area contributed by atoms with E-state index >= 15 is 0 Å². The maximum atomic E-state index is 13.8. The molecule has 2 aromatic carbocycles. The normalized spacial score (nSPS) is 11.5. The molecule has 1 N–H and O–H groups in total. The number of nitrogens with one attached hydrogen (secondary N) is 1. The van der Waals surface area contributed by atoms with Gasteiger partial charge in [0.2, 0.25) is 0 Å². The van der Waals surface area contributed by atoms with Crippen LogP contribution in [-0.2, 0) is 10.0 Å². The van der Waals surface area contributed by atoms with Crippen molar-refractivity contribution < 1.29 is 17.2 Å². The van der Waals surface area contributed by atoms with Gasteiger partial charge in [-0.15, -0.1) is 0 Å². The zero-order valence-corrected chi connectivity index (χ0v) is 14.7. The third-order valence-electron chi connectivity index (χ3n) is 2.40. The minimum Gasteiger partial charge on any atom is -0.278 e. The van der Waals surface area contributed by atoms with E-state index in [1.165, 1.54) is 12.1 Å². The average molecular weight is 462 g/mol. The van der Waals surface area contributed by atoms with E-state index in [4.69, 9.17) is 11.6 Å². The van der Waals surface area contributed by atoms with Crippen molar-refractivity contribution in [2.75, 3.05) is 4.72 Å². The number of halogens is 5. The lowest BCUT2D eigenvalue weighted by molar-refractivity contribution is 0.548. The number of sulfonamides is 1. The number of rotatable bonds is 3. The van der Waals surface area contributed by atoms with Crippen LogP contribution >= 0.6 is 43.5 Å². The Labute approximate surface area is 141 Å². The molecule has 112 valence electrons. The Bertz CT molecular complexity index is 792. The standard InChI is InChI=1S/C12H6Br2ClF2NO2S/c13-8-2-1-6(15)3-11(8)18-21(19,20)12-9(14)4-7(16)5-10(12)17/h1-5,18H. The molecule has 0 saturated heterocycles. The van der Waals surface area contributed by atoms with E-state index in [1.807, 2.05) is 0 Å². The van der Waals surface area contributed by atoms with Gasteiger partial charge >= 0.3 is 0 Å². The summed E-state index contributed by atoms with van der Waals surface area (Å²) in [5, 5.41) is 0.301. The zero-order valence-electron chi connectivity index (χ0n) is 10.0. The lowest BCUT2D eigenvalue weighted by Crippen LogP contribution is -2.16. The van der Waals surface area contributed by atoms with Crippen LogP contribution in [0.5, 0.6) is 0 Å². The fraction of sp³-hybridized carbons (Fsp3) is 0. The highest BCUT2D eigenvalue weighted by Crippen LogP contribution is 2.31. The van der Waals surface area contributed by atoms with Crippen LogP contribution in [0, 0.1) is 11.6 Å². The third-order valence-corrected chi connectivity index (χ3v) is 5.66. The molecule has 0 atom stereocenters. The Kier molecular flexibility index (Phi) is 4.92. The second-order valence-corrected chi connectivity index (χ2v) is 7.69. The van der Waals surface area contributed by atoms with Gasteiger partial charge in [-0.1, -0.05) is 11.6 Å². The van der Waals surface area contributed by atoms with E-state index in [9.17, 15) is 17.2 Å². The molecule has 0 heterocycles. The van der Waals surface area contributed by atoms with Crippen molar-refractivity contribution in [2.24, 2.45) is 0 Å². The number of hydrogen-bond donors (Lipinski definition) is 1. The molecule has 0 amide bonds. The number of hydrogen-bond acceptors (Lipinski definition) is 2. The van der Waals surface area contributed by atoms with Crippen molar-refractivity contribution in [1.82, 2.24) is 0 Å². The first-order chi connectivity index (χ1) is 9.70. The molecule has 0 aliphatic heterocycles. The van der Waals surface area contributed by atoms with E-state index in [-0.39, 0.29) is 10.2 Å². The third kappa shape index (κ3) is 3.74. The summed E-state index contributed by atoms with van der Waals surface area (Å²) in [7, 11) is -4.26. The van der Waals surface area contributed by atoms with E-state index in [2.05, 4.69) is 36.6 Å². The largest absolute Gasteiger partial charge is 0.278 e. The van der Waals surface area contributed by atoms with Crippen molar-refractivity contribution in [3.05, 3.63) is 55.9 Å². The van der Waals surface area contributed by atoms with Gasteiger partial charge in [0.15, 0.2) is 0 Å². The van der Waals surface area contributed by atoms with Crippen molar-refractivity contribution >= 4 is 59.2 Å². The van der Waals surface area contributed by atoms with Gasteiger partial charge in [-0.25, -0.2) is 17.2 Å². The monoisotopic (exact) mass is 459 g/mol. The van der Waals surface area contributed by atoms with Gasteiger partial charge in [0.25, 0.3) is 10.0 Å². The van der Waals surface area contributed by atoms with E-state index in [1.54, 1.807) is 6.07 Å². The van der Waals surface area contributed by atoms with Crippen LogP contribution in [0.15, 0.2) is 44.2 Å². The van der Waals surface area contributed by atoms with Crippen LogP contribution in [0.1, 0.15) is 0 Å². The Hall–Kier alpha value is -0.700. The van der Waals surface area contributed by atoms with Gasteiger partial charge in [-0.2, -0.15) is 0 Å². The predicted molar refractivity (Wildman–Crippen MR) is 84.0 cm³/mol. The molecule has 0 unspecified atom stereocenters. The molecule has 3 nitrogen and oxygen atoms in total. The molecular formula is C12H6Br2ClF2NO2S. The highest BCUT2D eigenvalue weighted by molar-refractivity contribution is 9.11. The quantitative estimate of drug-likeness (QED) is 0.704. The lowest BCUT2D eigenvalue weighted by Gasteiger charge is -2.12. The van der Waals surface area contributed by atoms with Gasteiger partial charge in [0.05, 0.1) is 5.69 Å². The SMILES string of the molecule is O=S(=O)(Nc1cc(Cl)ccc1Br)c1c(F)cc(F)cc1Br. The van der Waals surface area contributed by atoms with Crippen molar-refractivity contribution in [2.45, 2.75) is 4.90 Å². The van der Waals surface area contributed by atoms with Crippen LogP contribution in [-0.4, -0.2) is 8.42 Å². The topological polar surface area (TPSA) is 46.2 Å². The maximum absolute atomic E-state index is 13.8. The smallest absolute Gasteiger partial charge is 0.265 e. The minimum absolute atomic E-state index is 0.137. The van der Waals surface area contributed by atoms with E-state index in [0.29, 0.717) is 15.6 Å². The number of anilines is 1. The van der Waals surface area contributed by atoms with Crippen molar-refractivity contribution in [3.63, 3.8) is 0 Å². The summed E-state index contributed by atoms with van der Waals surface area (Å²) in [6.45, 7) is 0. The first kappa shape index (κ1) is 16.7. The van der Waals surface area contributed by atoms with Crippen LogP contribution in [0.4, 0.5) is 14.5 Å². The Morgan fingerprint density at radius 1 is 1.05 bits per heavy atom. The van der Waals surface area contributed by atoms with E-state index in [0.717, 1.165) is 6.07 Å². The number of benzene rings is 2. The van der Waals surface area contributed by atoms with Crippen molar-refractivity contribution in [3.8, 4) is 0 Å². The molecule has 0 radical (unpaired) electrons. The van der Waals surface area contributed by atoms with E-state index < -0.39 is 26.6 Å². The summed E-state index contributed by atoms with van der Waals surface area (Å²) < 4.78 is 53.7. The molecule has 0 spiro atoms. The summed E-state index contributed by atoms with van der Waals surface area (Å²) in [5.74, 6) is -2.09. The Morgan fingerprint density at radius 3 is 2.33 bits per heavy atom. The molecule has 0 fully saturated rings. The van der Waals surface area contributed by atoms with Crippen molar-refractivity contribution in [1.29, 1.82) is 0 Å². The van der Waals surface area contributed by atoms with Crippen LogP contribution in [0.3, 0.4) is 0 Å². The summed E-state index contributed by atoms with van der Waals surface area (Å²) >= 11 is 11.8. The van der Waals surface area contributed by atoms with Gasteiger partial charge in [-0.05, 0) is 56.1 Å². The summed E-state index contributed by atoms with van der Waals surface area (Å²) in [5.41, 5.74) is 0.137. The predicted octanol–water partition coefficient (Wildman–Crippen LogP) is 4.94. The fourth-order valence-electron chi connectivity index (χ4n) is 1.56. The fourth-order valence-corrected chi connectivity index (χ4v) is 4.45. The highest BCUT2D eigenvalue weighted by atomic mass is 79.9. The van der Waals surface area contributed by atoms with Gasteiger partial charge < -0.3 is 0 Å². The Morgan fingerprint density at radius 2 is 1.71 bits per heavy atom. The molecule has 0 aliphatic carbocycles. The molecule has 21 heavy (non-hydrogen) atoms. The van der Waals surface area contributed by atoms with Gasteiger partial charge in [0, 0.05) is 20.0 Å².